The van der Waals surface area contributed by atoms with E-state index in [4.69, 9.17) is 0 Å². The van der Waals surface area contributed by atoms with Crippen molar-refractivity contribution in [1.82, 2.24) is 0 Å². The van der Waals surface area contributed by atoms with E-state index in [2.05, 4.69) is 55.0 Å². The van der Waals surface area contributed by atoms with Gasteiger partial charge in [-0.05, 0) is 0 Å². The molecule has 2 aromatic rings. The molecule has 0 saturated heterocycles. The van der Waals surface area contributed by atoms with E-state index in [9.17, 15) is 0 Å². The summed E-state index contributed by atoms with van der Waals surface area (Å²) >= 11 is 0. The van der Waals surface area contributed by atoms with Gasteiger partial charge in [0.25, 0.3) is 0 Å². The second-order valence-corrected chi connectivity index (χ2v) is 2.97. The van der Waals surface area contributed by atoms with Crippen molar-refractivity contribution in [1.29, 1.82) is 0 Å². The van der Waals surface area contributed by atoms with Gasteiger partial charge in [-0.25, -0.2) is 0 Å². The average Bonchev–Trinajstić information content (AvgIpc) is 2.21. The molecule has 0 aliphatic carbocycles. The van der Waals surface area contributed by atoms with Crippen LogP contribution in [0.5, 0.6) is 0 Å². The maximum absolute atomic E-state index is 2.17. The quantitative estimate of drug-likeness (QED) is 0.529. The van der Waals surface area contributed by atoms with Gasteiger partial charge in [0.15, 0.2) is 0 Å². The van der Waals surface area contributed by atoms with Gasteiger partial charge >= 0.3 is 23.1 Å². The number of hydrogen-bond donors (Lipinski definition) is 0. The van der Waals surface area contributed by atoms with Gasteiger partial charge in [-0.2, -0.15) is 0 Å². The van der Waals surface area contributed by atoms with E-state index in [1.807, 2.05) is 12.1 Å². The van der Waals surface area contributed by atoms with Crippen molar-refractivity contribution < 1.29 is 17.0 Å². The monoisotopic (exact) mass is 270 g/mol. The van der Waals surface area contributed by atoms with Gasteiger partial charge in [-0.3, -0.25) is 0 Å². The molecule has 0 unspecified atom stereocenters. The van der Waals surface area contributed by atoms with Crippen molar-refractivity contribution >= 4 is 23.1 Å². The summed E-state index contributed by atoms with van der Waals surface area (Å²) in [5.41, 5.74) is 2.49. The molecule has 72 valence electrons. The predicted molar refractivity (Wildman–Crippen MR) is 61.1 cm³/mol. The Morgan fingerprint density at radius 1 is 0.600 bits per heavy atom. The van der Waals surface area contributed by atoms with Crippen LogP contribution in [0.1, 0.15) is 11.1 Å². The van der Waals surface area contributed by atoms with E-state index in [0.29, 0.717) is 0 Å². The minimum Gasteiger partial charge on any atom is -1.00 e. The smallest absolute Gasteiger partial charge is 1.00 e. The molecule has 0 aliphatic heterocycles. The zero-order valence-corrected chi connectivity index (χ0v) is 11.4. The van der Waals surface area contributed by atoms with Crippen LogP contribution in [0.3, 0.4) is 0 Å². The fourth-order valence-corrected chi connectivity index (χ4v) is 1.29. The SMILES string of the molecule is [Br-].[Mg+2].c1ccc([CH-]c2ccccc2)cc1. The number of benzene rings is 2. The Hall–Kier alpha value is -0.444. The molecular weight excluding hydrogens is 260 g/mol. The van der Waals surface area contributed by atoms with E-state index in [1.165, 1.54) is 11.1 Å². The van der Waals surface area contributed by atoms with E-state index in [1.54, 1.807) is 0 Å². The topological polar surface area (TPSA) is 0 Å². The maximum atomic E-state index is 2.17. The zero-order valence-electron chi connectivity index (χ0n) is 8.44. The molecule has 2 aromatic carbocycles. The molecule has 0 heterocycles. The van der Waals surface area contributed by atoms with Crippen molar-refractivity contribution in [3.05, 3.63) is 78.2 Å². The molecule has 0 aromatic heterocycles. The van der Waals surface area contributed by atoms with Gasteiger partial charge in [0, 0.05) is 0 Å². The average molecular weight is 271 g/mol. The van der Waals surface area contributed by atoms with Crippen LogP contribution < -0.4 is 17.0 Å². The Morgan fingerprint density at radius 2 is 0.933 bits per heavy atom. The molecular formula is C13H11BrMg. The Labute approximate surface area is 118 Å². The molecule has 2 rings (SSSR count). The van der Waals surface area contributed by atoms with E-state index in [0.717, 1.165) is 0 Å². The molecule has 0 atom stereocenters. The number of rotatable bonds is 2. The summed E-state index contributed by atoms with van der Waals surface area (Å²) in [6, 6.07) is 20.7. The van der Waals surface area contributed by atoms with Gasteiger partial charge in [-0.15, -0.1) is 41.8 Å². The van der Waals surface area contributed by atoms with Crippen LogP contribution in [-0.2, 0) is 0 Å². The van der Waals surface area contributed by atoms with Crippen molar-refractivity contribution in [3.63, 3.8) is 0 Å². The van der Waals surface area contributed by atoms with Crippen LogP contribution in [0.4, 0.5) is 0 Å². The largest absolute Gasteiger partial charge is 2.00 e. The molecule has 0 amide bonds. The van der Waals surface area contributed by atoms with Crippen LogP contribution in [0, 0.1) is 6.42 Å². The molecule has 0 saturated carbocycles. The van der Waals surface area contributed by atoms with Crippen LogP contribution in [0.15, 0.2) is 60.7 Å². The maximum Gasteiger partial charge on any atom is 2.00 e. The first-order chi connectivity index (χ1) is 6.45. The summed E-state index contributed by atoms with van der Waals surface area (Å²) in [5.74, 6) is 0. The van der Waals surface area contributed by atoms with E-state index in [-0.39, 0.29) is 40.0 Å². The van der Waals surface area contributed by atoms with Crippen LogP contribution >= 0.6 is 0 Å². The standard InChI is InChI=1S/C13H11.BrH.Mg/c1-3-7-12(8-4-1)11-13-9-5-2-6-10-13;;/h1-11H;1H;/q-1;;+2/p-1. The number of halogens is 1. The van der Waals surface area contributed by atoms with Crippen molar-refractivity contribution in [2.75, 3.05) is 0 Å². The third-order valence-corrected chi connectivity index (χ3v) is 1.93. The zero-order chi connectivity index (χ0) is 8.93. The van der Waals surface area contributed by atoms with Crippen molar-refractivity contribution in [2.24, 2.45) is 0 Å². The molecule has 0 radical (unpaired) electrons. The van der Waals surface area contributed by atoms with Gasteiger partial charge in [-0.1, -0.05) is 36.4 Å². The molecule has 0 N–H and O–H groups in total. The Morgan fingerprint density at radius 3 is 1.27 bits per heavy atom. The fourth-order valence-electron chi connectivity index (χ4n) is 1.29. The second-order valence-electron chi connectivity index (χ2n) is 2.97. The molecule has 2 heteroatoms. The third-order valence-electron chi connectivity index (χ3n) is 1.93. The minimum atomic E-state index is 0. The first kappa shape index (κ1) is 14.6. The second kappa shape index (κ2) is 7.80. The summed E-state index contributed by atoms with van der Waals surface area (Å²) in [4.78, 5) is 0. The van der Waals surface area contributed by atoms with Crippen molar-refractivity contribution in [2.45, 2.75) is 0 Å². The number of hydrogen-bond acceptors (Lipinski definition) is 0. The van der Waals surface area contributed by atoms with E-state index >= 15 is 0 Å². The van der Waals surface area contributed by atoms with Gasteiger partial charge in [0.2, 0.25) is 0 Å². The molecule has 0 nitrogen and oxygen atoms in total. The Bertz CT molecular complexity index is 321. The van der Waals surface area contributed by atoms with Crippen LogP contribution in [0.25, 0.3) is 0 Å². The van der Waals surface area contributed by atoms with Gasteiger partial charge in [0.05, 0.1) is 0 Å². The van der Waals surface area contributed by atoms with E-state index < -0.39 is 0 Å². The van der Waals surface area contributed by atoms with Crippen molar-refractivity contribution in [3.8, 4) is 0 Å². The third kappa shape index (κ3) is 4.73. The Kier molecular flexibility index (Phi) is 7.57. The molecule has 15 heavy (non-hydrogen) atoms. The molecule has 0 aliphatic rings. The fraction of sp³-hybridized carbons (Fsp3) is 0. The molecule has 0 fully saturated rings. The minimum absolute atomic E-state index is 0. The normalized spacial score (nSPS) is 8.27. The predicted octanol–water partition coefficient (Wildman–Crippen LogP) is -0.0895. The van der Waals surface area contributed by atoms with Gasteiger partial charge in [0.1, 0.15) is 0 Å². The summed E-state index contributed by atoms with van der Waals surface area (Å²) in [7, 11) is 0. The molecule has 0 spiro atoms. The first-order valence-corrected chi connectivity index (χ1v) is 4.40. The van der Waals surface area contributed by atoms with Crippen LogP contribution in [0.2, 0.25) is 0 Å². The summed E-state index contributed by atoms with van der Waals surface area (Å²) in [6.45, 7) is 0. The summed E-state index contributed by atoms with van der Waals surface area (Å²) < 4.78 is 0. The molecule has 0 bridgehead atoms. The summed E-state index contributed by atoms with van der Waals surface area (Å²) in [5, 5.41) is 0. The van der Waals surface area contributed by atoms with Gasteiger partial charge < -0.3 is 17.0 Å². The first-order valence-electron chi connectivity index (χ1n) is 4.40. The Balaban J connectivity index is 0.000000980. The summed E-state index contributed by atoms with van der Waals surface area (Å²) in [6.07, 6.45) is 2.17. The van der Waals surface area contributed by atoms with Crippen LogP contribution in [-0.4, -0.2) is 23.1 Å².